The monoisotopic (exact) mass is 505 g/mol. The zero-order valence-corrected chi connectivity index (χ0v) is 21.7. The Hall–Kier alpha value is -2.94. The molecule has 2 rings (SSSR count). The Labute approximate surface area is 208 Å². The van der Waals surface area contributed by atoms with E-state index >= 15 is 0 Å². The zero-order chi connectivity index (χ0) is 26.0. The van der Waals surface area contributed by atoms with E-state index in [1.165, 1.54) is 24.3 Å². The molecule has 0 fully saturated rings. The summed E-state index contributed by atoms with van der Waals surface area (Å²) in [7, 11) is -3.63. The van der Waals surface area contributed by atoms with Crippen molar-refractivity contribution in [2.75, 3.05) is 17.1 Å². The molecule has 2 atom stereocenters. The highest BCUT2D eigenvalue weighted by Gasteiger charge is 2.29. The molecule has 0 aliphatic heterocycles. The number of halogens is 1. The lowest BCUT2D eigenvalue weighted by Gasteiger charge is -2.32. The van der Waals surface area contributed by atoms with Gasteiger partial charge in [-0.15, -0.1) is 0 Å². The summed E-state index contributed by atoms with van der Waals surface area (Å²) in [5, 5.41) is 2.97. The molecule has 0 unspecified atom stereocenters. The van der Waals surface area contributed by atoms with Gasteiger partial charge >= 0.3 is 0 Å². The Morgan fingerprint density at radius 2 is 1.63 bits per heavy atom. The molecule has 0 saturated carbocycles. The summed E-state index contributed by atoms with van der Waals surface area (Å²) in [5.74, 6) is -0.891. The Kier molecular flexibility index (Phi) is 10.7. The van der Waals surface area contributed by atoms with Crippen molar-refractivity contribution in [2.24, 2.45) is 0 Å². The van der Waals surface area contributed by atoms with Gasteiger partial charge in [-0.2, -0.15) is 0 Å². The molecule has 0 aliphatic carbocycles. The highest BCUT2D eigenvalue weighted by molar-refractivity contribution is 7.92. The largest absolute Gasteiger partial charge is 0.352 e. The Bertz CT molecular complexity index is 1060. The van der Waals surface area contributed by atoms with Crippen molar-refractivity contribution in [3.05, 3.63) is 66.0 Å². The lowest BCUT2D eigenvalue weighted by molar-refractivity contribution is -0.141. The average Bonchev–Trinajstić information content (AvgIpc) is 2.82. The maximum atomic E-state index is 13.3. The molecule has 192 valence electrons. The van der Waals surface area contributed by atoms with Gasteiger partial charge in [-0.1, -0.05) is 44.2 Å². The van der Waals surface area contributed by atoms with Crippen LogP contribution in [-0.2, 0) is 26.2 Å². The van der Waals surface area contributed by atoms with E-state index in [9.17, 15) is 22.4 Å². The van der Waals surface area contributed by atoms with E-state index < -0.39 is 21.9 Å². The highest BCUT2D eigenvalue weighted by Crippen LogP contribution is 2.20. The maximum absolute atomic E-state index is 13.3. The lowest BCUT2D eigenvalue weighted by Crippen LogP contribution is -2.50. The van der Waals surface area contributed by atoms with Crippen molar-refractivity contribution in [3.63, 3.8) is 0 Å². The molecule has 0 saturated heterocycles. The van der Waals surface area contributed by atoms with Crippen molar-refractivity contribution in [3.8, 4) is 0 Å². The fraction of sp³-hybridized carbons (Fsp3) is 0.462. The third-order valence-corrected chi connectivity index (χ3v) is 7.04. The molecule has 0 aromatic heterocycles. The van der Waals surface area contributed by atoms with Crippen LogP contribution in [0.2, 0.25) is 0 Å². The number of hydrogen-bond acceptors (Lipinski definition) is 4. The first-order chi connectivity index (χ1) is 16.6. The number of sulfonamides is 1. The summed E-state index contributed by atoms with van der Waals surface area (Å²) in [6.07, 6.45) is 2.61. The van der Waals surface area contributed by atoms with Gasteiger partial charge in [0.1, 0.15) is 11.9 Å². The van der Waals surface area contributed by atoms with Crippen LogP contribution >= 0.6 is 0 Å². The van der Waals surface area contributed by atoms with E-state index in [2.05, 4.69) is 5.32 Å². The average molecular weight is 506 g/mol. The van der Waals surface area contributed by atoms with Crippen LogP contribution in [0.4, 0.5) is 10.1 Å². The minimum atomic E-state index is -3.63. The smallest absolute Gasteiger partial charge is 0.243 e. The second kappa shape index (κ2) is 13.2. The predicted octanol–water partition coefficient (Wildman–Crippen LogP) is 4.09. The SMILES string of the molecule is CC[C@H](C(=O)N[C@@H](C)CC)N(Cc1ccccc1)C(=O)CCCN(c1ccc(F)cc1)S(C)(=O)=O. The minimum absolute atomic E-state index is 0.00995. The predicted molar refractivity (Wildman–Crippen MR) is 137 cm³/mol. The Morgan fingerprint density at radius 1 is 1.00 bits per heavy atom. The van der Waals surface area contributed by atoms with Gasteiger partial charge in [0, 0.05) is 25.6 Å². The minimum Gasteiger partial charge on any atom is -0.352 e. The van der Waals surface area contributed by atoms with Gasteiger partial charge in [0.05, 0.1) is 11.9 Å². The summed E-state index contributed by atoms with van der Waals surface area (Å²) >= 11 is 0. The van der Waals surface area contributed by atoms with Gasteiger partial charge < -0.3 is 10.2 Å². The third kappa shape index (κ3) is 8.65. The van der Waals surface area contributed by atoms with Gasteiger partial charge in [0.2, 0.25) is 21.8 Å². The zero-order valence-electron chi connectivity index (χ0n) is 20.9. The standard InChI is InChI=1S/C26H36FN3O4S/c1-5-20(3)28-26(32)24(6-2)29(19-21-11-8-7-9-12-21)25(31)13-10-18-30(35(4,33)34)23-16-14-22(27)15-17-23/h7-9,11-12,14-17,20,24H,5-6,10,13,18-19H2,1-4H3,(H,28,32)/t20-,24+/m0/s1. The van der Waals surface area contributed by atoms with E-state index in [0.29, 0.717) is 12.1 Å². The van der Waals surface area contributed by atoms with Crippen molar-refractivity contribution in [1.29, 1.82) is 0 Å². The number of carbonyl (C=O) groups is 2. The van der Waals surface area contributed by atoms with E-state index in [1.807, 2.05) is 51.1 Å². The van der Waals surface area contributed by atoms with Crippen LogP contribution in [0.1, 0.15) is 52.0 Å². The van der Waals surface area contributed by atoms with Gasteiger partial charge in [-0.25, -0.2) is 12.8 Å². The number of anilines is 1. The topological polar surface area (TPSA) is 86.8 Å². The molecule has 9 heteroatoms. The van der Waals surface area contributed by atoms with E-state index in [0.717, 1.165) is 22.5 Å². The quantitative estimate of drug-likeness (QED) is 0.444. The number of nitrogens with one attached hydrogen (secondary N) is 1. The molecule has 0 heterocycles. The third-order valence-electron chi connectivity index (χ3n) is 5.85. The number of hydrogen-bond donors (Lipinski definition) is 1. The van der Waals surface area contributed by atoms with Crippen molar-refractivity contribution >= 4 is 27.5 Å². The van der Waals surface area contributed by atoms with E-state index in [-0.39, 0.29) is 43.8 Å². The first-order valence-corrected chi connectivity index (χ1v) is 13.8. The second-order valence-corrected chi connectivity index (χ2v) is 10.6. The van der Waals surface area contributed by atoms with Crippen LogP contribution in [0, 0.1) is 5.82 Å². The Balaban J connectivity index is 2.18. The number of rotatable bonds is 13. The van der Waals surface area contributed by atoms with Gasteiger partial charge in [0.15, 0.2) is 0 Å². The fourth-order valence-corrected chi connectivity index (χ4v) is 4.72. The highest BCUT2D eigenvalue weighted by atomic mass is 32.2. The summed E-state index contributed by atoms with van der Waals surface area (Å²) < 4.78 is 39.1. The summed E-state index contributed by atoms with van der Waals surface area (Å²) in [6, 6.07) is 14.0. The molecule has 0 spiro atoms. The molecule has 2 aromatic carbocycles. The summed E-state index contributed by atoms with van der Waals surface area (Å²) in [4.78, 5) is 27.9. The first kappa shape index (κ1) is 28.3. The number of amides is 2. The van der Waals surface area contributed by atoms with Crippen molar-refractivity contribution < 1.29 is 22.4 Å². The molecular weight excluding hydrogens is 469 g/mol. The number of carbonyl (C=O) groups excluding carboxylic acids is 2. The summed E-state index contributed by atoms with van der Waals surface area (Å²) in [6.45, 7) is 6.10. The molecule has 35 heavy (non-hydrogen) atoms. The van der Waals surface area contributed by atoms with Crippen LogP contribution in [0.3, 0.4) is 0 Å². The normalized spacial score (nSPS) is 13.1. The summed E-state index contributed by atoms with van der Waals surface area (Å²) in [5.41, 5.74) is 1.24. The first-order valence-electron chi connectivity index (χ1n) is 11.9. The molecule has 0 bridgehead atoms. The van der Waals surface area contributed by atoms with Gasteiger partial charge in [0.25, 0.3) is 0 Å². The van der Waals surface area contributed by atoms with Crippen molar-refractivity contribution in [2.45, 2.75) is 65.1 Å². The fourth-order valence-electron chi connectivity index (χ4n) is 3.75. The van der Waals surface area contributed by atoms with Crippen LogP contribution in [0.25, 0.3) is 0 Å². The van der Waals surface area contributed by atoms with E-state index in [1.54, 1.807) is 4.90 Å². The number of benzene rings is 2. The van der Waals surface area contributed by atoms with Crippen molar-refractivity contribution in [1.82, 2.24) is 10.2 Å². The van der Waals surface area contributed by atoms with Crippen LogP contribution in [0.15, 0.2) is 54.6 Å². The maximum Gasteiger partial charge on any atom is 0.243 e. The van der Waals surface area contributed by atoms with Crippen LogP contribution in [-0.4, -0.2) is 50.0 Å². The lowest BCUT2D eigenvalue weighted by atomic mass is 10.1. The van der Waals surface area contributed by atoms with Crippen LogP contribution in [0.5, 0.6) is 0 Å². The van der Waals surface area contributed by atoms with E-state index in [4.69, 9.17) is 0 Å². The molecule has 7 nitrogen and oxygen atoms in total. The molecule has 0 radical (unpaired) electrons. The number of nitrogens with zero attached hydrogens (tertiary/aromatic N) is 2. The molecule has 2 aromatic rings. The Morgan fingerprint density at radius 3 is 2.17 bits per heavy atom. The molecular formula is C26H36FN3O4S. The van der Waals surface area contributed by atoms with Crippen LogP contribution < -0.4 is 9.62 Å². The van der Waals surface area contributed by atoms with Gasteiger partial charge in [-0.05, 0) is 56.0 Å². The molecule has 2 amide bonds. The second-order valence-electron chi connectivity index (χ2n) is 8.66. The molecule has 0 aliphatic rings. The van der Waals surface area contributed by atoms with Gasteiger partial charge in [-0.3, -0.25) is 13.9 Å². The molecule has 1 N–H and O–H groups in total.